The summed E-state index contributed by atoms with van der Waals surface area (Å²) >= 11 is 22.8. The van der Waals surface area contributed by atoms with Gasteiger partial charge in [-0.2, -0.15) is 0 Å². The maximum absolute atomic E-state index is 11.9. The van der Waals surface area contributed by atoms with Gasteiger partial charge in [0.2, 0.25) is 11.8 Å². The number of hydrogen-bond acceptors (Lipinski definition) is 4. The second-order valence-electron chi connectivity index (χ2n) is 5.87. The first-order valence-corrected chi connectivity index (χ1v) is 10.3. The van der Waals surface area contributed by atoms with E-state index in [-0.39, 0.29) is 17.4 Å². The average molecular weight is 487 g/mol. The molecule has 6 nitrogen and oxygen atoms in total. The molecule has 30 heavy (non-hydrogen) atoms. The van der Waals surface area contributed by atoms with E-state index in [4.69, 9.17) is 51.8 Å². The van der Waals surface area contributed by atoms with Crippen LogP contribution < -0.4 is 20.9 Å². The van der Waals surface area contributed by atoms with Gasteiger partial charge >= 0.3 is 0 Å². The molecule has 0 heterocycles. The third-order valence-corrected chi connectivity index (χ3v) is 4.65. The van der Waals surface area contributed by atoms with Crippen LogP contribution >= 0.6 is 47.0 Å². The van der Waals surface area contributed by atoms with Gasteiger partial charge in [0.25, 0.3) is 0 Å². The molecule has 158 valence electrons. The molecule has 0 fully saturated rings. The zero-order valence-corrected chi connectivity index (χ0v) is 18.7. The molecule has 0 unspecified atom stereocenters. The summed E-state index contributed by atoms with van der Waals surface area (Å²) in [7, 11) is 0. The van der Waals surface area contributed by atoms with Crippen LogP contribution in [0.25, 0.3) is 6.08 Å². The summed E-state index contributed by atoms with van der Waals surface area (Å²) in [5.41, 5.74) is 5.56. The third-order valence-electron chi connectivity index (χ3n) is 3.57. The minimum absolute atomic E-state index is 0.0404. The van der Waals surface area contributed by atoms with Gasteiger partial charge in [0.05, 0.1) is 11.6 Å². The van der Waals surface area contributed by atoms with E-state index in [0.29, 0.717) is 39.4 Å². The molecule has 2 aromatic carbocycles. The van der Waals surface area contributed by atoms with Crippen molar-refractivity contribution in [3.63, 3.8) is 0 Å². The minimum atomic E-state index is -0.463. The highest BCUT2D eigenvalue weighted by atomic mass is 35.5. The van der Waals surface area contributed by atoms with E-state index < -0.39 is 5.91 Å². The minimum Gasteiger partial charge on any atom is -0.492 e. The third kappa shape index (κ3) is 8.59. The van der Waals surface area contributed by atoms with Crippen molar-refractivity contribution in [1.29, 1.82) is 0 Å². The molecule has 0 bridgehead atoms. The Hall–Kier alpha value is -2.32. The molecule has 0 atom stereocenters. The smallest absolute Gasteiger partial charge is 0.250 e. The van der Waals surface area contributed by atoms with E-state index in [2.05, 4.69) is 16.2 Å². The maximum Gasteiger partial charge on any atom is 0.250 e. The number of amides is 2. The van der Waals surface area contributed by atoms with Gasteiger partial charge in [-0.3, -0.25) is 25.8 Å². The zero-order valence-electron chi connectivity index (χ0n) is 15.6. The molecule has 2 aromatic rings. The molecule has 10 heteroatoms. The standard InChI is InChI=1S/C20H18Cl3N3O3S/c21-14-8-9-17(16(23)12-14)29-11-3-6-19(28)25-26-20(30)24-18(27)10-7-13-4-1-2-5-15(13)22/h1-2,4-5,7-10,12H,3,6,11H2,(H,25,28)(H2,24,26,27,30)/b10-7+. The van der Waals surface area contributed by atoms with E-state index in [0.717, 1.165) is 0 Å². The van der Waals surface area contributed by atoms with Crippen LogP contribution in [-0.4, -0.2) is 23.5 Å². The Labute approximate surface area is 194 Å². The van der Waals surface area contributed by atoms with Crippen molar-refractivity contribution in [2.45, 2.75) is 12.8 Å². The molecule has 0 aliphatic carbocycles. The Morgan fingerprint density at radius 3 is 2.53 bits per heavy atom. The topological polar surface area (TPSA) is 79.5 Å². The number of hydrazine groups is 1. The van der Waals surface area contributed by atoms with Crippen LogP contribution in [0.1, 0.15) is 18.4 Å². The normalized spacial score (nSPS) is 10.5. The molecule has 0 saturated carbocycles. The van der Waals surface area contributed by atoms with Crippen molar-refractivity contribution in [2.24, 2.45) is 0 Å². The molecular formula is C20H18Cl3N3O3S. The molecule has 0 radical (unpaired) electrons. The van der Waals surface area contributed by atoms with Gasteiger partial charge in [-0.15, -0.1) is 0 Å². The summed E-state index contributed by atoms with van der Waals surface area (Å²) in [5.74, 6) is -0.285. The van der Waals surface area contributed by atoms with Crippen LogP contribution in [0.15, 0.2) is 48.5 Å². The molecule has 2 amide bonds. The van der Waals surface area contributed by atoms with Crippen molar-refractivity contribution in [1.82, 2.24) is 16.2 Å². The van der Waals surface area contributed by atoms with Gasteiger partial charge in [0, 0.05) is 22.5 Å². The predicted molar refractivity (Wildman–Crippen MR) is 124 cm³/mol. The van der Waals surface area contributed by atoms with Gasteiger partial charge in [0.15, 0.2) is 5.11 Å². The van der Waals surface area contributed by atoms with Gasteiger partial charge in [0.1, 0.15) is 5.75 Å². The summed E-state index contributed by atoms with van der Waals surface area (Å²) in [6, 6.07) is 12.0. The van der Waals surface area contributed by atoms with Crippen LogP contribution in [0.2, 0.25) is 15.1 Å². The number of rotatable bonds is 7. The van der Waals surface area contributed by atoms with Gasteiger partial charge in [-0.05, 0) is 54.5 Å². The summed E-state index contributed by atoms with van der Waals surface area (Å²) in [4.78, 5) is 23.7. The molecule has 3 N–H and O–H groups in total. The summed E-state index contributed by atoms with van der Waals surface area (Å²) in [5, 5.41) is 3.81. The van der Waals surface area contributed by atoms with E-state index >= 15 is 0 Å². The number of benzene rings is 2. The predicted octanol–water partition coefficient (Wildman–Crippen LogP) is 4.54. The Balaban J connectivity index is 1.63. The molecule has 0 spiro atoms. The van der Waals surface area contributed by atoms with Crippen LogP contribution in [0, 0.1) is 0 Å². The zero-order chi connectivity index (χ0) is 21.9. The number of carbonyl (C=O) groups is 2. The fourth-order valence-electron chi connectivity index (χ4n) is 2.16. The van der Waals surface area contributed by atoms with Gasteiger partial charge < -0.3 is 4.74 Å². The first kappa shape index (κ1) is 24.0. The first-order chi connectivity index (χ1) is 14.3. The average Bonchev–Trinajstić information content (AvgIpc) is 2.70. The van der Waals surface area contributed by atoms with Crippen LogP contribution in [-0.2, 0) is 9.59 Å². The Kier molecular flexibility index (Phi) is 9.89. The highest BCUT2D eigenvalue weighted by molar-refractivity contribution is 7.80. The molecule has 0 aliphatic heterocycles. The second kappa shape index (κ2) is 12.4. The van der Waals surface area contributed by atoms with Crippen molar-refractivity contribution >= 4 is 70.0 Å². The highest BCUT2D eigenvalue weighted by Gasteiger charge is 2.06. The van der Waals surface area contributed by atoms with Crippen molar-refractivity contribution in [3.8, 4) is 5.75 Å². The number of nitrogens with one attached hydrogen (secondary N) is 3. The number of ether oxygens (including phenoxy) is 1. The lowest BCUT2D eigenvalue weighted by atomic mass is 10.2. The van der Waals surface area contributed by atoms with Crippen LogP contribution in [0.3, 0.4) is 0 Å². The van der Waals surface area contributed by atoms with Crippen LogP contribution in [0.5, 0.6) is 5.75 Å². The Morgan fingerprint density at radius 1 is 1.03 bits per heavy atom. The molecule has 0 aromatic heterocycles. The molecule has 0 saturated heterocycles. The van der Waals surface area contributed by atoms with Crippen molar-refractivity contribution < 1.29 is 14.3 Å². The number of carbonyl (C=O) groups excluding carboxylic acids is 2. The van der Waals surface area contributed by atoms with E-state index in [9.17, 15) is 9.59 Å². The summed E-state index contributed by atoms with van der Waals surface area (Å²) in [6.45, 7) is 0.294. The summed E-state index contributed by atoms with van der Waals surface area (Å²) in [6.07, 6.45) is 3.48. The van der Waals surface area contributed by atoms with E-state index in [1.807, 2.05) is 0 Å². The van der Waals surface area contributed by atoms with E-state index in [1.54, 1.807) is 48.5 Å². The number of hydrogen-bond donors (Lipinski definition) is 3. The lowest BCUT2D eigenvalue weighted by molar-refractivity contribution is -0.122. The Bertz CT molecular complexity index is 954. The fraction of sp³-hybridized carbons (Fsp3) is 0.150. The molecular weight excluding hydrogens is 469 g/mol. The fourth-order valence-corrected chi connectivity index (χ4v) is 2.97. The van der Waals surface area contributed by atoms with Crippen molar-refractivity contribution in [2.75, 3.05) is 6.61 Å². The van der Waals surface area contributed by atoms with E-state index in [1.165, 1.54) is 6.08 Å². The number of halogens is 3. The monoisotopic (exact) mass is 485 g/mol. The lowest BCUT2D eigenvalue weighted by Crippen LogP contribution is -2.48. The van der Waals surface area contributed by atoms with Crippen molar-refractivity contribution in [3.05, 3.63) is 69.2 Å². The number of thiocarbonyl (C=S) groups is 1. The summed E-state index contributed by atoms with van der Waals surface area (Å²) < 4.78 is 5.50. The van der Waals surface area contributed by atoms with Crippen LogP contribution in [0.4, 0.5) is 0 Å². The Morgan fingerprint density at radius 2 is 1.80 bits per heavy atom. The SMILES string of the molecule is O=C(/C=C/c1ccccc1Cl)NC(=S)NNC(=O)CCCOc1ccc(Cl)cc1Cl. The molecule has 0 aliphatic rings. The van der Waals surface area contributed by atoms with Gasteiger partial charge in [-0.25, -0.2) is 0 Å². The lowest BCUT2D eigenvalue weighted by Gasteiger charge is -2.10. The highest BCUT2D eigenvalue weighted by Crippen LogP contribution is 2.27. The largest absolute Gasteiger partial charge is 0.492 e. The second-order valence-corrected chi connectivity index (χ2v) is 7.53. The maximum atomic E-state index is 11.9. The first-order valence-electron chi connectivity index (χ1n) is 8.75. The quantitative estimate of drug-likeness (QED) is 0.232. The molecule has 2 rings (SSSR count). The van der Waals surface area contributed by atoms with Gasteiger partial charge in [-0.1, -0.05) is 53.0 Å².